The van der Waals surface area contributed by atoms with Crippen LogP contribution in [-0.4, -0.2) is 67.2 Å². The van der Waals surface area contributed by atoms with Gasteiger partial charge in [0.2, 0.25) is 0 Å². The zero-order valence-electron chi connectivity index (χ0n) is 12.1. The zero-order valence-corrected chi connectivity index (χ0v) is 12.1. The van der Waals surface area contributed by atoms with Gasteiger partial charge in [0.05, 0.1) is 12.5 Å². The number of hydrogen-bond acceptors (Lipinski definition) is 4. The topological polar surface area (TPSA) is 61.9 Å². The second kappa shape index (κ2) is 7.99. The van der Waals surface area contributed by atoms with Crippen molar-refractivity contribution in [2.24, 2.45) is 0 Å². The van der Waals surface area contributed by atoms with Crippen molar-refractivity contribution >= 4 is 12.0 Å². The summed E-state index contributed by atoms with van der Waals surface area (Å²) in [5.74, 6) is -0.272. The number of carbonyl (C=O) groups excluding carboxylic acids is 2. The monoisotopic (exact) mass is 271 g/mol. The standard InChI is InChI=1S/C13H25N3O3/c1-4-15-7-9-16(10-8-15)13(18)14-6-5-12(17)19-11(2)3/h11H,4-10H2,1-3H3,(H,14,18). The molecule has 19 heavy (non-hydrogen) atoms. The van der Waals surface area contributed by atoms with Crippen LogP contribution in [0.3, 0.4) is 0 Å². The highest BCUT2D eigenvalue weighted by Crippen LogP contribution is 2.01. The third-order valence-electron chi connectivity index (χ3n) is 3.08. The number of hydrogen-bond donors (Lipinski definition) is 1. The first-order chi connectivity index (χ1) is 9.02. The molecular formula is C13H25N3O3. The van der Waals surface area contributed by atoms with Gasteiger partial charge < -0.3 is 19.9 Å². The number of carbonyl (C=O) groups is 2. The van der Waals surface area contributed by atoms with Crippen LogP contribution < -0.4 is 5.32 Å². The van der Waals surface area contributed by atoms with E-state index in [9.17, 15) is 9.59 Å². The highest BCUT2D eigenvalue weighted by Gasteiger charge is 2.19. The first-order valence-electron chi connectivity index (χ1n) is 6.97. The van der Waals surface area contributed by atoms with Gasteiger partial charge in [-0.1, -0.05) is 6.92 Å². The fourth-order valence-electron chi connectivity index (χ4n) is 1.97. The van der Waals surface area contributed by atoms with Crippen molar-refractivity contribution in [1.82, 2.24) is 15.1 Å². The molecule has 1 N–H and O–H groups in total. The van der Waals surface area contributed by atoms with Crippen molar-refractivity contribution in [3.05, 3.63) is 0 Å². The largest absolute Gasteiger partial charge is 0.463 e. The highest BCUT2D eigenvalue weighted by molar-refractivity contribution is 5.75. The summed E-state index contributed by atoms with van der Waals surface area (Å²) < 4.78 is 5.00. The highest BCUT2D eigenvalue weighted by atomic mass is 16.5. The maximum Gasteiger partial charge on any atom is 0.317 e. The lowest BCUT2D eigenvalue weighted by Gasteiger charge is -2.33. The predicted octanol–water partition coefficient (Wildman–Crippen LogP) is 0.675. The van der Waals surface area contributed by atoms with E-state index in [-0.39, 0.29) is 24.5 Å². The van der Waals surface area contributed by atoms with Gasteiger partial charge in [-0.2, -0.15) is 0 Å². The molecule has 6 heteroatoms. The van der Waals surface area contributed by atoms with Crippen molar-refractivity contribution in [3.63, 3.8) is 0 Å². The van der Waals surface area contributed by atoms with Crippen LogP contribution in [0.4, 0.5) is 4.79 Å². The van der Waals surface area contributed by atoms with E-state index in [1.807, 2.05) is 13.8 Å². The third-order valence-corrected chi connectivity index (χ3v) is 3.08. The number of piperazine rings is 1. The van der Waals surface area contributed by atoms with E-state index in [0.29, 0.717) is 6.54 Å². The minimum Gasteiger partial charge on any atom is -0.463 e. The average molecular weight is 271 g/mol. The normalized spacial score (nSPS) is 16.5. The van der Waals surface area contributed by atoms with Crippen LogP contribution in [0.5, 0.6) is 0 Å². The van der Waals surface area contributed by atoms with Crippen molar-refractivity contribution in [3.8, 4) is 0 Å². The predicted molar refractivity (Wildman–Crippen MR) is 72.9 cm³/mol. The molecule has 1 saturated heterocycles. The number of likely N-dealkylation sites (N-methyl/N-ethyl adjacent to an activating group) is 1. The minimum atomic E-state index is -0.272. The summed E-state index contributed by atoms with van der Waals surface area (Å²) in [6.07, 6.45) is 0.115. The number of rotatable bonds is 5. The fraction of sp³-hybridized carbons (Fsp3) is 0.846. The molecular weight excluding hydrogens is 246 g/mol. The van der Waals surface area contributed by atoms with E-state index >= 15 is 0 Å². The van der Waals surface area contributed by atoms with Gasteiger partial charge in [0.15, 0.2) is 0 Å². The van der Waals surface area contributed by atoms with Gasteiger partial charge in [-0.25, -0.2) is 4.79 Å². The average Bonchev–Trinajstić information content (AvgIpc) is 2.37. The first kappa shape index (κ1) is 15.8. The molecule has 0 unspecified atom stereocenters. The molecule has 1 aliphatic rings. The molecule has 0 aromatic rings. The quantitative estimate of drug-likeness (QED) is 0.747. The Balaban J connectivity index is 2.16. The van der Waals surface area contributed by atoms with Gasteiger partial charge in [-0.3, -0.25) is 4.79 Å². The zero-order chi connectivity index (χ0) is 14.3. The van der Waals surface area contributed by atoms with E-state index in [2.05, 4.69) is 17.1 Å². The molecule has 1 rings (SSSR count). The molecule has 110 valence electrons. The lowest BCUT2D eigenvalue weighted by Crippen LogP contribution is -2.51. The maximum atomic E-state index is 11.8. The summed E-state index contributed by atoms with van der Waals surface area (Å²) in [5.41, 5.74) is 0. The Labute approximate surface area is 115 Å². The number of amides is 2. The number of nitrogens with one attached hydrogen (secondary N) is 1. The Bertz CT molecular complexity index is 300. The molecule has 1 heterocycles. The Kier molecular flexibility index (Phi) is 6.62. The van der Waals surface area contributed by atoms with E-state index in [4.69, 9.17) is 4.74 Å². The summed E-state index contributed by atoms with van der Waals surface area (Å²) in [6, 6.07) is -0.0897. The van der Waals surface area contributed by atoms with E-state index in [1.165, 1.54) is 0 Å². The SMILES string of the molecule is CCN1CCN(C(=O)NCCC(=O)OC(C)C)CC1. The van der Waals surface area contributed by atoms with Crippen LogP contribution >= 0.6 is 0 Å². The molecule has 0 aliphatic carbocycles. The van der Waals surface area contributed by atoms with Crippen LogP contribution in [0.25, 0.3) is 0 Å². The molecule has 0 saturated carbocycles. The van der Waals surface area contributed by atoms with Gasteiger partial charge in [-0.05, 0) is 20.4 Å². The van der Waals surface area contributed by atoms with Gasteiger partial charge in [0.25, 0.3) is 0 Å². The van der Waals surface area contributed by atoms with Gasteiger partial charge in [-0.15, -0.1) is 0 Å². The Morgan fingerprint density at radius 1 is 1.21 bits per heavy atom. The molecule has 6 nitrogen and oxygen atoms in total. The van der Waals surface area contributed by atoms with Crippen LogP contribution in [0.1, 0.15) is 27.2 Å². The molecule has 0 aromatic carbocycles. The summed E-state index contributed by atoms with van der Waals surface area (Å²) in [5, 5.41) is 2.76. The van der Waals surface area contributed by atoms with Gasteiger partial charge in [0, 0.05) is 32.7 Å². The second-order valence-corrected chi connectivity index (χ2v) is 4.94. The van der Waals surface area contributed by atoms with Crippen molar-refractivity contribution in [2.45, 2.75) is 33.3 Å². The van der Waals surface area contributed by atoms with Crippen LogP contribution in [0.15, 0.2) is 0 Å². The summed E-state index contributed by atoms with van der Waals surface area (Å²) in [6.45, 7) is 10.4. The van der Waals surface area contributed by atoms with E-state index in [0.717, 1.165) is 32.7 Å². The Hall–Kier alpha value is -1.30. The van der Waals surface area contributed by atoms with Gasteiger partial charge >= 0.3 is 12.0 Å². The van der Waals surface area contributed by atoms with Crippen LogP contribution in [0, 0.1) is 0 Å². The maximum absolute atomic E-state index is 11.8. The Morgan fingerprint density at radius 2 is 1.84 bits per heavy atom. The number of esters is 1. The van der Waals surface area contributed by atoms with Crippen molar-refractivity contribution in [2.75, 3.05) is 39.3 Å². The lowest BCUT2D eigenvalue weighted by atomic mass is 10.3. The molecule has 0 spiro atoms. The van der Waals surface area contributed by atoms with Crippen molar-refractivity contribution in [1.29, 1.82) is 0 Å². The van der Waals surface area contributed by atoms with Crippen LogP contribution in [-0.2, 0) is 9.53 Å². The minimum absolute atomic E-state index is 0.0897. The number of nitrogens with zero attached hydrogens (tertiary/aromatic N) is 2. The van der Waals surface area contributed by atoms with E-state index < -0.39 is 0 Å². The molecule has 1 fully saturated rings. The number of urea groups is 1. The summed E-state index contributed by atoms with van der Waals surface area (Å²) in [4.78, 5) is 27.2. The molecule has 2 amide bonds. The molecule has 0 radical (unpaired) electrons. The van der Waals surface area contributed by atoms with Crippen molar-refractivity contribution < 1.29 is 14.3 Å². The number of ether oxygens (including phenoxy) is 1. The van der Waals surface area contributed by atoms with Gasteiger partial charge in [0.1, 0.15) is 0 Å². The molecule has 0 bridgehead atoms. The first-order valence-corrected chi connectivity index (χ1v) is 6.97. The van der Waals surface area contributed by atoms with E-state index in [1.54, 1.807) is 4.90 Å². The smallest absolute Gasteiger partial charge is 0.317 e. The molecule has 1 aliphatic heterocycles. The molecule has 0 atom stereocenters. The lowest BCUT2D eigenvalue weighted by molar-refractivity contribution is -0.147. The van der Waals surface area contributed by atoms with Crippen LogP contribution in [0.2, 0.25) is 0 Å². The summed E-state index contributed by atoms with van der Waals surface area (Å²) in [7, 11) is 0. The second-order valence-electron chi connectivity index (χ2n) is 4.94. The fourth-order valence-corrected chi connectivity index (χ4v) is 1.97. The third kappa shape index (κ3) is 5.92. The Morgan fingerprint density at radius 3 is 2.37 bits per heavy atom. The summed E-state index contributed by atoms with van der Waals surface area (Å²) >= 11 is 0. The molecule has 0 aromatic heterocycles.